The summed E-state index contributed by atoms with van der Waals surface area (Å²) >= 11 is 1.54. The van der Waals surface area contributed by atoms with Gasteiger partial charge in [0.2, 0.25) is 0 Å². The number of aromatic nitrogens is 2. The van der Waals surface area contributed by atoms with Crippen molar-refractivity contribution in [2.75, 3.05) is 19.6 Å². The predicted molar refractivity (Wildman–Crippen MR) is 95.2 cm³/mol. The number of hydrogen-bond donors (Lipinski definition) is 0. The summed E-state index contributed by atoms with van der Waals surface area (Å²) in [6.07, 6.45) is 3.53. The lowest BCUT2D eigenvalue weighted by Crippen LogP contribution is -2.36. The maximum atomic E-state index is 12.8. The van der Waals surface area contributed by atoms with Crippen LogP contribution in [0.4, 0.5) is 0 Å². The molecule has 6 heteroatoms. The van der Waals surface area contributed by atoms with Crippen molar-refractivity contribution in [1.82, 2.24) is 19.6 Å². The second-order valence-electron chi connectivity index (χ2n) is 6.89. The molecule has 0 N–H and O–H groups in total. The van der Waals surface area contributed by atoms with Crippen LogP contribution in [0, 0.1) is 6.92 Å². The van der Waals surface area contributed by atoms with E-state index in [1.165, 1.54) is 42.9 Å². The summed E-state index contributed by atoms with van der Waals surface area (Å²) in [6, 6.07) is 2.02. The van der Waals surface area contributed by atoms with Crippen molar-refractivity contribution >= 4 is 17.2 Å². The molecule has 2 aromatic heterocycles. The lowest BCUT2D eigenvalue weighted by atomic mass is 10.0. The number of nitrogens with zero attached hydrogens (tertiary/aromatic N) is 4. The highest BCUT2D eigenvalue weighted by molar-refractivity contribution is 7.12. The Morgan fingerprint density at radius 1 is 1.29 bits per heavy atom. The van der Waals surface area contributed by atoms with E-state index >= 15 is 0 Å². The van der Waals surface area contributed by atoms with Gasteiger partial charge in [-0.3, -0.25) is 14.4 Å². The summed E-state index contributed by atoms with van der Waals surface area (Å²) in [7, 11) is 2.01. The van der Waals surface area contributed by atoms with Gasteiger partial charge in [0.25, 0.3) is 5.91 Å². The van der Waals surface area contributed by atoms with Crippen molar-refractivity contribution in [1.29, 1.82) is 0 Å². The van der Waals surface area contributed by atoms with E-state index < -0.39 is 0 Å². The summed E-state index contributed by atoms with van der Waals surface area (Å²) in [5.74, 6) is 0.162. The average Bonchev–Trinajstić information content (AvgIpc) is 3.30. The molecule has 0 radical (unpaired) electrons. The second-order valence-corrected chi connectivity index (χ2v) is 7.80. The SMILES string of the molecule is Cc1ccsc1C(=O)N1CCc2c(CN3CCCC3)nn(C)c2C1. The quantitative estimate of drug-likeness (QED) is 0.859. The summed E-state index contributed by atoms with van der Waals surface area (Å²) in [6.45, 7) is 6.82. The molecule has 0 aromatic carbocycles. The number of likely N-dealkylation sites (tertiary alicyclic amines) is 1. The van der Waals surface area contributed by atoms with Gasteiger partial charge in [0.1, 0.15) is 0 Å². The van der Waals surface area contributed by atoms with Crippen molar-refractivity contribution in [3.8, 4) is 0 Å². The normalized spacial score (nSPS) is 18.2. The molecule has 0 saturated carbocycles. The zero-order valence-electron chi connectivity index (χ0n) is 14.4. The topological polar surface area (TPSA) is 41.4 Å². The maximum absolute atomic E-state index is 12.8. The lowest BCUT2D eigenvalue weighted by Gasteiger charge is -2.28. The number of carbonyl (C=O) groups excluding carboxylic acids is 1. The van der Waals surface area contributed by atoms with Gasteiger partial charge in [-0.25, -0.2) is 0 Å². The zero-order valence-corrected chi connectivity index (χ0v) is 15.2. The van der Waals surface area contributed by atoms with E-state index in [4.69, 9.17) is 5.10 Å². The number of carbonyl (C=O) groups is 1. The molecule has 4 heterocycles. The van der Waals surface area contributed by atoms with Gasteiger partial charge in [-0.05, 0) is 56.3 Å². The molecular weight excluding hydrogens is 320 g/mol. The van der Waals surface area contributed by atoms with E-state index in [-0.39, 0.29) is 5.91 Å². The number of amides is 1. The summed E-state index contributed by atoms with van der Waals surface area (Å²) in [4.78, 5) is 18.1. The number of aryl methyl sites for hydroxylation is 2. The first-order valence-electron chi connectivity index (χ1n) is 8.73. The maximum Gasteiger partial charge on any atom is 0.264 e. The van der Waals surface area contributed by atoms with Crippen molar-refractivity contribution in [2.45, 2.75) is 39.3 Å². The molecule has 128 valence electrons. The molecule has 2 aliphatic heterocycles. The van der Waals surface area contributed by atoms with Gasteiger partial charge in [0.05, 0.1) is 22.8 Å². The zero-order chi connectivity index (χ0) is 16.7. The third-order valence-electron chi connectivity index (χ3n) is 5.25. The van der Waals surface area contributed by atoms with E-state index in [1.54, 1.807) is 11.3 Å². The Bertz CT molecular complexity index is 757. The first-order valence-corrected chi connectivity index (χ1v) is 9.61. The van der Waals surface area contributed by atoms with Crippen LogP contribution in [0.25, 0.3) is 0 Å². The first-order chi connectivity index (χ1) is 11.6. The Morgan fingerprint density at radius 3 is 2.79 bits per heavy atom. The first kappa shape index (κ1) is 15.8. The largest absolute Gasteiger partial charge is 0.332 e. The number of fused-ring (bicyclic) bond motifs is 1. The van der Waals surface area contributed by atoms with Crippen molar-refractivity contribution in [2.24, 2.45) is 7.05 Å². The van der Waals surface area contributed by atoms with Gasteiger partial charge in [-0.15, -0.1) is 11.3 Å². The molecule has 4 rings (SSSR count). The third kappa shape index (κ3) is 2.78. The van der Waals surface area contributed by atoms with Crippen LogP contribution >= 0.6 is 11.3 Å². The standard InChI is InChI=1S/C18H24N4OS/c1-13-6-10-24-17(13)18(23)22-9-5-14-15(11-21-7-3-4-8-21)19-20(2)16(14)12-22/h6,10H,3-5,7-9,11-12H2,1-2H3. The van der Waals surface area contributed by atoms with Crippen LogP contribution in [0.2, 0.25) is 0 Å². The molecule has 5 nitrogen and oxygen atoms in total. The van der Waals surface area contributed by atoms with E-state index in [1.807, 2.05) is 35.0 Å². The minimum absolute atomic E-state index is 0.162. The summed E-state index contributed by atoms with van der Waals surface area (Å²) in [5, 5.41) is 6.77. The lowest BCUT2D eigenvalue weighted by molar-refractivity contribution is 0.0734. The van der Waals surface area contributed by atoms with Gasteiger partial charge in [0.15, 0.2) is 0 Å². The Hall–Kier alpha value is -1.66. The molecule has 0 spiro atoms. The van der Waals surface area contributed by atoms with Crippen molar-refractivity contribution in [3.63, 3.8) is 0 Å². The van der Waals surface area contributed by atoms with Crippen LogP contribution < -0.4 is 0 Å². The molecule has 1 fully saturated rings. The smallest absolute Gasteiger partial charge is 0.264 e. The molecule has 24 heavy (non-hydrogen) atoms. The molecular formula is C18H24N4OS. The molecule has 2 aliphatic rings. The fourth-order valence-electron chi connectivity index (χ4n) is 3.84. The van der Waals surface area contributed by atoms with Crippen LogP contribution in [0.3, 0.4) is 0 Å². The fourth-order valence-corrected chi connectivity index (χ4v) is 4.74. The van der Waals surface area contributed by atoms with E-state index in [0.717, 1.165) is 30.0 Å². The minimum atomic E-state index is 0.162. The third-order valence-corrected chi connectivity index (χ3v) is 6.25. The molecule has 2 aromatic rings. The summed E-state index contributed by atoms with van der Waals surface area (Å²) in [5.41, 5.74) is 4.87. The molecule has 1 saturated heterocycles. The van der Waals surface area contributed by atoms with Crippen LogP contribution in [0.5, 0.6) is 0 Å². The molecule has 0 aliphatic carbocycles. The average molecular weight is 344 g/mol. The second kappa shape index (κ2) is 6.33. The fraction of sp³-hybridized carbons (Fsp3) is 0.556. The number of thiophene rings is 1. The van der Waals surface area contributed by atoms with E-state index in [2.05, 4.69) is 4.90 Å². The Balaban J connectivity index is 1.54. The van der Waals surface area contributed by atoms with Crippen LogP contribution in [0.1, 0.15) is 45.0 Å². The summed E-state index contributed by atoms with van der Waals surface area (Å²) < 4.78 is 1.99. The predicted octanol–water partition coefficient (Wildman–Crippen LogP) is 2.58. The Labute approximate surface area is 146 Å². The molecule has 0 unspecified atom stereocenters. The van der Waals surface area contributed by atoms with Crippen LogP contribution in [0.15, 0.2) is 11.4 Å². The van der Waals surface area contributed by atoms with Crippen molar-refractivity contribution in [3.05, 3.63) is 38.8 Å². The highest BCUT2D eigenvalue weighted by Gasteiger charge is 2.29. The van der Waals surface area contributed by atoms with Gasteiger partial charge >= 0.3 is 0 Å². The van der Waals surface area contributed by atoms with Crippen molar-refractivity contribution < 1.29 is 4.79 Å². The van der Waals surface area contributed by atoms with Gasteiger partial charge < -0.3 is 4.90 Å². The van der Waals surface area contributed by atoms with Crippen LogP contribution in [-0.2, 0) is 26.6 Å². The van der Waals surface area contributed by atoms with Crippen LogP contribution in [-0.4, -0.2) is 45.1 Å². The molecule has 0 atom stereocenters. The van der Waals surface area contributed by atoms with Gasteiger partial charge in [0, 0.05) is 25.7 Å². The van der Waals surface area contributed by atoms with E-state index in [0.29, 0.717) is 6.54 Å². The monoisotopic (exact) mass is 344 g/mol. The highest BCUT2D eigenvalue weighted by Crippen LogP contribution is 2.26. The Morgan fingerprint density at radius 2 is 2.08 bits per heavy atom. The van der Waals surface area contributed by atoms with E-state index in [9.17, 15) is 4.79 Å². The van der Waals surface area contributed by atoms with Gasteiger partial charge in [-0.2, -0.15) is 5.10 Å². The number of hydrogen-bond acceptors (Lipinski definition) is 4. The minimum Gasteiger partial charge on any atom is -0.332 e. The Kier molecular flexibility index (Phi) is 4.18. The molecule has 1 amide bonds. The van der Waals surface area contributed by atoms with Gasteiger partial charge in [-0.1, -0.05) is 0 Å². The number of rotatable bonds is 3. The highest BCUT2D eigenvalue weighted by atomic mass is 32.1. The molecule has 0 bridgehead atoms.